The number of nitrogens with zero attached hydrogens (tertiary/aromatic N) is 2. The van der Waals surface area contributed by atoms with Gasteiger partial charge in [-0.2, -0.15) is 4.72 Å². The van der Waals surface area contributed by atoms with Crippen molar-refractivity contribution in [2.75, 3.05) is 31.1 Å². The first-order chi connectivity index (χ1) is 13.3. The van der Waals surface area contributed by atoms with Crippen molar-refractivity contribution >= 4 is 44.6 Å². The van der Waals surface area contributed by atoms with Crippen LogP contribution in [0.5, 0.6) is 0 Å². The minimum atomic E-state index is -3.71. The van der Waals surface area contributed by atoms with E-state index in [1.807, 2.05) is 38.1 Å². The van der Waals surface area contributed by atoms with E-state index in [0.717, 1.165) is 17.0 Å². The predicted molar refractivity (Wildman–Crippen MR) is 114 cm³/mol. The van der Waals surface area contributed by atoms with Gasteiger partial charge in [-0.25, -0.2) is 8.42 Å². The summed E-state index contributed by atoms with van der Waals surface area (Å²) in [4.78, 5) is 17.0. The molecule has 0 spiro atoms. The van der Waals surface area contributed by atoms with Gasteiger partial charge in [0.1, 0.15) is 10.3 Å². The van der Waals surface area contributed by atoms with Crippen molar-refractivity contribution in [3.05, 3.63) is 46.8 Å². The minimum absolute atomic E-state index is 0.159. The average Bonchev–Trinajstić information content (AvgIpc) is 3.21. The number of halogens is 1. The largest absolute Gasteiger partial charge is 0.368 e. The average molecular weight is 442 g/mol. The Balaban J connectivity index is 1.66. The number of amides is 1. The highest BCUT2D eigenvalue weighted by Gasteiger charge is 2.33. The SMILES string of the molecule is CC(C)C(NS(=O)(=O)c1cccs1)C(=O)N1CCN(c2cccc(Cl)c2)CC1. The zero-order valence-electron chi connectivity index (χ0n) is 15.8. The number of carbonyl (C=O) groups is 1. The van der Waals surface area contributed by atoms with Gasteiger partial charge in [-0.15, -0.1) is 11.3 Å². The summed E-state index contributed by atoms with van der Waals surface area (Å²) in [5.74, 6) is -0.339. The van der Waals surface area contributed by atoms with Gasteiger partial charge in [-0.05, 0) is 35.6 Å². The summed E-state index contributed by atoms with van der Waals surface area (Å²) in [5, 5.41) is 2.38. The summed E-state index contributed by atoms with van der Waals surface area (Å²) in [7, 11) is -3.71. The van der Waals surface area contributed by atoms with Gasteiger partial charge in [0.15, 0.2) is 0 Å². The van der Waals surface area contributed by atoms with Gasteiger partial charge in [0, 0.05) is 36.9 Å². The smallest absolute Gasteiger partial charge is 0.250 e. The van der Waals surface area contributed by atoms with Crippen LogP contribution >= 0.6 is 22.9 Å². The van der Waals surface area contributed by atoms with Gasteiger partial charge < -0.3 is 9.80 Å². The van der Waals surface area contributed by atoms with Crippen LogP contribution in [-0.2, 0) is 14.8 Å². The van der Waals surface area contributed by atoms with E-state index in [0.29, 0.717) is 31.2 Å². The Morgan fingerprint density at radius 3 is 2.43 bits per heavy atom. The number of anilines is 1. The molecule has 6 nitrogen and oxygen atoms in total. The zero-order chi connectivity index (χ0) is 20.3. The predicted octanol–water partition coefficient (Wildman–Crippen LogP) is 3.05. The van der Waals surface area contributed by atoms with Gasteiger partial charge in [-0.1, -0.05) is 37.6 Å². The van der Waals surface area contributed by atoms with E-state index >= 15 is 0 Å². The molecule has 1 aromatic heterocycles. The number of piperazine rings is 1. The van der Waals surface area contributed by atoms with E-state index in [9.17, 15) is 13.2 Å². The van der Waals surface area contributed by atoms with Gasteiger partial charge in [0.2, 0.25) is 5.91 Å². The summed E-state index contributed by atoms with van der Waals surface area (Å²) in [5.41, 5.74) is 1.03. The molecule has 1 unspecified atom stereocenters. The third-order valence-corrected chi connectivity index (χ3v) is 7.81. The lowest BCUT2D eigenvalue weighted by atomic mass is 10.0. The number of benzene rings is 1. The molecule has 3 rings (SSSR count). The Hall–Kier alpha value is -1.61. The fourth-order valence-electron chi connectivity index (χ4n) is 3.17. The van der Waals surface area contributed by atoms with Crippen LogP contribution in [0.3, 0.4) is 0 Å². The number of hydrogen-bond acceptors (Lipinski definition) is 5. The molecule has 0 radical (unpaired) electrons. The van der Waals surface area contributed by atoms with Crippen LogP contribution in [0.4, 0.5) is 5.69 Å². The Kier molecular flexibility index (Phi) is 6.65. The van der Waals surface area contributed by atoms with E-state index in [-0.39, 0.29) is 16.0 Å². The molecule has 1 aliphatic rings. The molecular weight excluding hydrogens is 418 g/mol. The number of thiophene rings is 1. The Morgan fingerprint density at radius 2 is 1.86 bits per heavy atom. The minimum Gasteiger partial charge on any atom is -0.368 e. The molecule has 1 aliphatic heterocycles. The summed E-state index contributed by atoms with van der Waals surface area (Å²) in [6, 6.07) is 10.1. The number of rotatable bonds is 6. The Labute approximate surface area is 175 Å². The topological polar surface area (TPSA) is 69.7 Å². The van der Waals surface area contributed by atoms with Gasteiger partial charge in [0.05, 0.1) is 0 Å². The molecule has 1 N–H and O–H groups in total. The second kappa shape index (κ2) is 8.82. The number of carbonyl (C=O) groups excluding carboxylic acids is 1. The first-order valence-corrected chi connectivity index (χ1v) is 11.9. The van der Waals surface area contributed by atoms with Crippen LogP contribution < -0.4 is 9.62 Å². The number of nitrogens with one attached hydrogen (secondary N) is 1. The maximum atomic E-state index is 13.0. The van der Waals surface area contributed by atoms with Crippen molar-refractivity contribution in [3.63, 3.8) is 0 Å². The van der Waals surface area contributed by atoms with Crippen molar-refractivity contribution in [2.45, 2.75) is 24.1 Å². The van der Waals surface area contributed by atoms with E-state index in [1.54, 1.807) is 22.4 Å². The van der Waals surface area contributed by atoms with E-state index in [1.165, 1.54) is 0 Å². The normalized spacial score (nSPS) is 16.4. The number of sulfonamides is 1. The van der Waals surface area contributed by atoms with Crippen molar-refractivity contribution in [2.24, 2.45) is 5.92 Å². The highest BCUT2D eigenvalue weighted by Crippen LogP contribution is 2.22. The molecule has 0 bridgehead atoms. The summed E-state index contributed by atoms with van der Waals surface area (Å²) in [6.07, 6.45) is 0. The molecule has 9 heteroatoms. The molecular formula is C19H24ClN3O3S2. The fraction of sp³-hybridized carbons (Fsp3) is 0.421. The van der Waals surface area contributed by atoms with Crippen LogP contribution in [-0.4, -0.2) is 51.4 Å². The molecule has 1 amide bonds. The second-order valence-electron chi connectivity index (χ2n) is 7.07. The summed E-state index contributed by atoms with van der Waals surface area (Å²) in [6.45, 7) is 6.12. The molecule has 1 aromatic carbocycles. The first-order valence-electron chi connectivity index (χ1n) is 9.13. The first kappa shape index (κ1) is 21.1. The van der Waals surface area contributed by atoms with E-state index < -0.39 is 16.1 Å². The monoisotopic (exact) mass is 441 g/mol. The molecule has 2 aromatic rings. The van der Waals surface area contributed by atoms with Gasteiger partial charge >= 0.3 is 0 Å². The molecule has 1 atom stereocenters. The Bertz CT molecular complexity index is 908. The maximum absolute atomic E-state index is 13.0. The zero-order valence-corrected chi connectivity index (χ0v) is 18.2. The highest BCUT2D eigenvalue weighted by atomic mass is 35.5. The third kappa shape index (κ3) is 4.86. The van der Waals surface area contributed by atoms with Crippen molar-refractivity contribution in [3.8, 4) is 0 Å². The molecule has 2 heterocycles. The van der Waals surface area contributed by atoms with Crippen LogP contribution in [0.15, 0.2) is 46.0 Å². The van der Waals surface area contributed by atoms with Crippen molar-refractivity contribution < 1.29 is 13.2 Å². The molecule has 1 saturated heterocycles. The molecule has 1 fully saturated rings. The quantitative estimate of drug-likeness (QED) is 0.747. The van der Waals surface area contributed by atoms with Crippen LogP contribution in [0, 0.1) is 5.92 Å². The lowest BCUT2D eigenvalue weighted by Gasteiger charge is -2.38. The third-order valence-electron chi connectivity index (χ3n) is 4.74. The van der Waals surface area contributed by atoms with E-state index in [4.69, 9.17) is 11.6 Å². The van der Waals surface area contributed by atoms with E-state index in [2.05, 4.69) is 9.62 Å². The summed E-state index contributed by atoms with van der Waals surface area (Å²) < 4.78 is 28.0. The maximum Gasteiger partial charge on any atom is 0.250 e. The van der Waals surface area contributed by atoms with Crippen LogP contribution in [0.2, 0.25) is 5.02 Å². The lowest BCUT2D eigenvalue weighted by molar-refractivity contribution is -0.134. The molecule has 152 valence electrons. The van der Waals surface area contributed by atoms with Gasteiger partial charge in [-0.3, -0.25) is 4.79 Å². The van der Waals surface area contributed by atoms with Gasteiger partial charge in [0.25, 0.3) is 10.0 Å². The van der Waals surface area contributed by atoms with Crippen LogP contribution in [0.1, 0.15) is 13.8 Å². The van der Waals surface area contributed by atoms with Crippen molar-refractivity contribution in [1.82, 2.24) is 9.62 Å². The van der Waals surface area contributed by atoms with Crippen molar-refractivity contribution in [1.29, 1.82) is 0 Å². The lowest BCUT2D eigenvalue weighted by Crippen LogP contribution is -2.56. The Morgan fingerprint density at radius 1 is 1.14 bits per heavy atom. The second-order valence-corrected chi connectivity index (χ2v) is 10.4. The molecule has 0 aliphatic carbocycles. The molecule has 28 heavy (non-hydrogen) atoms. The number of hydrogen-bond donors (Lipinski definition) is 1. The highest BCUT2D eigenvalue weighted by molar-refractivity contribution is 7.91. The summed E-state index contributed by atoms with van der Waals surface area (Å²) >= 11 is 7.20. The van der Waals surface area contributed by atoms with Crippen LogP contribution in [0.25, 0.3) is 0 Å². The standard InChI is InChI=1S/C19H24ClN3O3S2/c1-14(2)18(21-28(25,26)17-7-4-12-27-17)19(24)23-10-8-22(9-11-23)16-6-3-5-15(20)13-16/h3-7,12-14,18,21H,8-11H2,1-2H3. The fourth-order valence-corrected chi connectivity index (χ4v) is 5.70. The molecule has 0 saturated carbocycles.